The van der Waals surface area contributed by atoms with Gasteiger partial charge in [-0.2, -0.15) is 0 Å². The number of esters is 3. The van der Waals surface area contributed by atoms with Crippen molar-refractivity contribution < 1.29 is 28.6 Å². The largest absolute Gasteiger partial charge is 0.462 e. The summed E-state index contributed by atoms with van der Waals surface area (Å²) in [5.74, 6) is -0.917. The summed E-state index contributed by atoms with van der Waals surface area (Å²) in [5.41, 5.74) is 0. The van der Waals surface area contributed by atoms with Gasteiger partial charge in [-0.05, 0) is 135 Å². The van der Waals surface area contributed by atoms with E-state index in [1.54, 1.807) is 0 Å². The van der Waals surface area contributed by atoms with Crippen molar-refractivity contribution in [1.82, 2.24) is 0 Å². The second-order valence-electron chi connectivity index (χ2n) is 23.1. The fourth-order valence-corrected chi connectivity index (χ4v) is 9.68. The molecule has 0 aromatic rings. The van der Waals surface area contributed by atoms with Gasteiger partial charge in [0.15, 0.2) is 6.10 Å². The van der Waals surface area contributed by atoms with Gasteiger partial charge >= 0.3 is 17.9 Å². The standard InChI is InChI=1S/C77H130O6/c1-4-7-10-13-16-19-22-25-27-29-31-33-35-36-37-38-39-40-42-43-45-47-49-52-55-58-61-64-67-70-76(79)82-73-74(72-81-75(78)69-66-63-60-57-54-51-24-21-18-15-12-9-6-3)83-77(80)71-68-65-62-59-56-53-50-48-46-44-41-34-32-30-28-26-23-20-17-14-11-8-5-2/h7,10,16,19,21,24-25,27,30-33,36-37,39-40,43,45,49,52,74H,4-6,8-9,11-15,17-18,20,22-23,26,28-29,34-35,38,41-42,44,46-48,50-51,53-73H2,1-3H3/b10-7-,19-16-,24-21-,27-25-,32-30-,33-31-,37-36-,40-39-,45-43-,52-49-. The van der Waals surface area contributed by atoms with Crippen LogP contribution in [0.5, 0.6) is 0 Å². The third-order valence-corrected chi connectivity index (χ3v) is 14.9. The number of ether oxygens (including phenoxy) is 3. The second kappa shape index (κ2) is 70.3. The lowest BCUT2D eigenvalue weighted by molar-refractivity contribution is -0.167. The molecule has 0 bridgehead atoms. The molecule has 0 aromatic heterocycles. The Labute approximate surface area is 513 Å². The normalized spacial score (nSPS) is 12.9. The molecule has 0 saturated heterocycles. The van der Waals surface area contributed by atoms with Crippen LogP contribution in [0.2, 0.25) is 0 Å². The summed E-state index contributed by atoms with van der Waals surface area (Å²) in [4.78, 5) is 38.4. The van der Waals surface area contributed by atoms with E-state index in [4.69, 9.17) is 14.2 Å². The van der Waals surface area contributed by atoms with Crippen molar-refractivity contribution in [2.24, 2.45) is 0 Å². The highest BCUT2D eigenvalue weighted by Gasteiger charge is 2.19. The monoisotopic (exact) mass is 1150 g/mol. The van der Waals surface area contributed by atoms with Gasteiger partial charge in [-0.25, -0.2) is 0 Å². The quantitative estimate of drug-likeness (QED) is 0.0261. The lowest BCUT2D eigenvalue weighted by atomic mass is 10.0. The minimum Gasteiger partial charge on any atom is -0.462 e. The molecule has 0 saturated carbocycles. The minimum atomic E-state index is -0.797. The third kappa shape index (κ3) is 68.5. The average molecular weight is 1150 g/mol. The number of hydrogen-bond acceptors (Lipinski definition) is 6. The average Bonchev–Trinajstić information content (AvgIpc) is 3.49. The summed E-state index contributed by atoms with van der Waals surface area (Å²) in [5, 5.41) is 0. The Kier molecular flexibility index (Phi) is 66.7. The lowest BCUT2D eigenvalue weighted by Crippen LogP contribution is -2.30. The first kappa shape index (κ1) is 78.8. The molecular weight excluding hydrogens is 1020 g/mol. The van der Waals surface area contributed by atoms with Crippen LogP contribution in [0.25, 0.3) is 0 Å². The van der Waals surface area contributed by atoms with Crippen LogP contribution in [0.1, 0.15) is 329 Å². The topological polar surface area (TPSA) is 78.9 Å². The fraction of sp³-hybridized carbons (Fsp3) is 0.701. The van der Waals surface area contributed by atoms with E-state index < -0.39 is 6.10 Å². The summed E-state index contributed by atoms with van der Waals surface area (Å²) in [6, 6.07) is 0. The van der Waals surface area contributed by atoms with Crippen molar-refractivity contribution >= 4 is 17.9 Å². The molecule has 0 radical (unpaired) electrons. The zero-order valence-corrected chi connectivity index (χ0v) is 54.4. The summed E-state index contributed by atoms with van der Waals surface area (Å²) in [6.07, 6.45) is 97.9. The highest BCUT2D eigenvalue weighted by Crippen LogP contribution is 2.16. The van der Waals surface area contributed by atoms with Gasteiger partial charge in [0, 0.05) is 19.3 Å². The molecule has 0 aliphatic carbocycles. The number of carbonyl (C=O) groups is 3. The predicted octanol–water partition coefficient (Wildman–Crippen LogP) is 24.3. The molecule has 0 aliphatic heterocycles. The molecule has 0 spiro atoms. The molecule has 0 heterocycles. The van der Waals surface area contributed by atoms with Crippen LogP contribution in [0.3, 0.4) is 0 Å². The highest BCUT2D eigenvalue weighted by molar-refractivity contribution is 5.71. The fourth-order valence-electron chi connectivity index (χ4n) is 9.68. The summed E-state index contributed by atoms with van der Waals surface area (Å²) >= 11 is 0. The molecule has 0 N–H and O–H groups in total. The van der Waals surface area contributed by atoms with Crippen molar-refractivity contribution in [3.8, 4) is 0 Å². The number of carbonyl (C=O) groups excluding carboxylic acids is 3. The van der Waals surface area contributed by atoms with E-state index in [0.717, 1.165) is 128 Å². The zero-order valence-electron chi connectivity index (χ0n) is 54.4. The number of allylic oxidation sites excluding steroid dienone is 20. The molecule has 6 nitrogen and oxygen atoms in total. The van der Waals surface area contributed by atoms with Crippen LogP contribution >= 0.6 is 0 Å². The zero-order chi connectivity index (χ0) is 59.9. The van der Waals surface area contributed by atoms with Gasteiger partial charge in [-0.15, -0.1) is 0 Å². The Morgan fingerprint density at radius 3 is 0.759 bits per heavy atom. The van der Waals surface area contributed by atoms with Gasteiger partial charge < -0.3 is 14.2 Å². The van der Waals surface area contributed by atoms with Gasteiger partial charge in [0.2, 0.25) is 0 Å². The van der Waals surface area contributed by atoms with Gasteiger partial charge in [-0.3, -0.25) is 14.4 Å². The Morgan fingerprint density at radius 2 is 0.470 bits per heavy atom. The number of hydrogen-bond donors (Lipinski definition) is 0. The first-order valence-electron chi connectivity index (χ1n) is 35.0. The van der Waals surface area contributed by atoms with Gasteiger partial charge in [-0.1, -0.05) is 296 Å². The predicted molar refractivity (Wildman–Crippen MR) is 362 cm³/mol. The SMILES string of the molecule is CC/C=C\C/C=C\C/C=C\C/C=C\C/C=C\C/C=C\C/C=C\C/C=C\CCCCCCC(=O)OCC(COC(=O)CCCCCCC/C=C\CCCCCC)OC(=O)CCCCCCCCCCCCC/C=C\CCCCCCCCCC. The molecule has 0 aromatic carbocycles. The summed E-state index contributed by atoms with van der Waals surface area (Å²) < 4.78 is 16.9. The summed E-state index contributed by atoms with van der Waals surface area (Å²) in [7, 11) is 0. The Balaban J connectivity index is 4.37. The Hall–Kier alpha value is -4.19. The molecule has 474 valence electrons. The molecule has 1 atom stereocenters. The van der Waals surface area contributed by atoms with Crippen LogP contribution in [0, 0.1) is 0 Å². The maximum atomic E-state index is 13.0. The molecule has 6 heteroatoms. The second-order valence-corrected chi connectivity index (χ2v) is 23.1. The van der Waals surface area contributed by atoms with Crippen LogP contribution < -0.4 is 0 Å². The first-order chi connectivity index (χ1) is 41.0. The molecule has 1 unspecified atom stereocenters. The smallest absolute Gasteiger partial charge is 0.306 e. The van der Waals surface area contributed by atoms with Gasteiger partial charge in [0.1, 0.15) is 13.2 Å². The Morgan fingerprint density at radius 1 is 0.253 bits per heavy atom. The maximum absolute atomic E-state index is 13.0. The molecule has 83 heavy (non-hydrogen) atoms. The lowest BCUT2D eigenvalue weighted by Gasteiger charge is -2.18. The van der Waals surface area contributed by atoms with E-state index in [9.17, 15) is 14.4 Å². The van der Waals surface area contributed by atoms with Crippen LogP contribution in [-0.2, 0) is 28.6 Å². The van der Waals surface area contributed by atoms with Gasteiger partial charge in [0.05, 0.1) is 0 Å². The van der Waals surface area contributed by atoms with Crippen molar-refractivity contribution in [2.45, 2.75) is 335 Å². The maximum Gasteiger partial charge on any atom is 0.306 e. The first-order valence-corrected chi connectivity index (χ1v) is 35.0. The van der Waals surface area contributed by atoms with Crippen molar-refractivity contribution in [2.75, 3.05) is 13.2 Å². The molecular formula is C77H130O6. The van der Waals surface area contributed by atoms with E-state index in [1.807, 2.05) is 0 Å². The van der Waals surface area contributed by atoms with Gasteiger partial charge in [0.25, 0.3) is 0 Å². The third-order valence-electron chi connectivity index (χ3n) is 14.9. The van der Waals surface area contributed by atoms with E-state index in [0.29, 0.717) is 19.3 Å². The number of rotatable bonds is 63. The van der Waals surface area contributed by atoms with Crippen LogP contribution in [-0.4, -0.2) is 37.2 Å². The van der Waals surface area contributed by atoms with Crippen molar-refractivity contribution in [1.29, 1.82) is 0 Å². The molecule has 0 rings (SSSR count). The van der Waals surface area contributed by atoms with Crippen LogP contribution in [0.4, 0.5) is 0 Å². The minimum absolute atomic E-state index is 0.0914. The van der Waals surface area contributed by atoms with E-state index >= 15 is 0 Å². The number of unbranched alkanes of at least 4 members (excludes halogenated alkanes) is 32. The summed E-state index contributed by atoms with van der Waals surface area (Å²) in [6.45, 7) is 6.51. The van der Waals surface area contributed by atoms with E-state index in [2.05, 4.69) is 142 Å². The van der Waals surface area contributed by atoms with Crippen LogP contribution in [0.15, 0.2) is 122 Å². The van der Waals surface area contributed by atoms with Crippen molar-refractivity contribution in [3.05, 3.63) is 122 Å². The molecule has 0 amide bonds. The van der Waals surface area contributed by atoms with Crippen molar-refractivity contribution in [3.63, 3.8) is 0 Å². The molecule has 0 fully saturated rings. The Bertz CT molecular complexity index is 1700. The van der Waals surface area contributed by atoms with E-state index in [-0.39, 0.29) is 31.1 Å². The molecule has 0 aliphatic rings. The highest BCUT2D eigenvalue weighted by atomic mass is 16.6. The van der Waals surface area contributed by atoms with E-state index in [1.165, 1.54) is 161 Å².